The molecule has 5 nitrogen and oxygen atoms in total. The van der Waals surface area contributed by atoms with Crippen molar-refractivity contribution >= 4 is 55.1 Å². The largest absolute Gasteiger partial charge is 0.302 e. The molecule has 3 aromatic carbocycles. The minimum absolute atomic E-state index is 0.0897. The van der Waals surface area contributed by atoms with Gasteiger partial charge in [0.25, 0.3) is 5.91 Å². The summed E-state index contributed by atoms with van der Waals surface area (Å²) in [6.45, 7) is 7.37. The van der Waals surface area contributed by atoms with E-state index in [2.05, 4.69) is 18.7 Å². The van der Waals surface area contributed by atoms with E-state index in [-0.39, 0.29) is 5.91 Å². The van der Waals surface area contributed by atoms with Crippen LogP contribution in [0, 0.1) is 0 Å². The lowest BCUT2D eigenvalue weighted by atomic mass is 10.0. The third kappa shape index (κ3) is 4.85. The summed E-state index contributed by atoms with van der Waals surface area (Å²) < 4.78 is 0.961. The van der Waals surface area contributed by atoms with Gasteiger partial charge < -0.3 is 4.90 Å². The quantitative estimate of drug-likeness (QED) is 0.220. The predicted octanol–water partition coefficient (Wildman–Crippen LogP) is 7.15. The molecule has 2 aromatic heterocycles. The summed E-state index contributed by atoms with van der Waals surface area (Å²) in [5.41, 5.74) is 3.87. The van der Waals surface area contributed by atoms with Crippen molar-refractivity contribution in [3.63, 3.8) is 0 Å². The van der Waals surface area contributed by atoms with E-state index in [1.807, 2.05) is 78.9 Å². The highest BCUT2D eigenvalue weighted by molar-refractivity contribution is 7.22. The first kappa shape index (κ1) is 24.4. The Bertz CT molecular complexity index is 1510. The van der Waals surface area contributed by atoms with Crippen LogP contribution in [0.3, 0.4) is 0 Å². The third-order valence-electron chi connectivity index (χ3n) is 6.38. The first-order valence-corrected chi connectivity index (χ1v) is 13.3. The minimum Gasteiger partial charge on any atom is -0.302 e. The number of rotatable bonds is 8. The second kappa shape index (κ2) is 10.7. The highest BCUT2D eigenvalue weighted by atomic mass is 35.5. The predicted molar refractivity (Wildman–Crippen MR) is 151 cm³/mol. The summed E-state index contributed by atoms with van der Waals surface area (Å²) in [4.78, 5) is 28.1. The van der Waals surface area contributed by atoms with Crippen LogP contribution in [0.5, 0.6) is 0 Å². The topological polar surface area (TPSA) is 49.3 Å². The summed E-state index contributed by atoms with van der Waals surface area (Å²) in [7, 11) is 0. The van der Waals surface area contributed by atoms with Crippen LogP contribution in [0.2, 0.25) is 5.02 Å². The van der Waals surface area contributed by atoms with E-state index in [0.717, 1.165) is 52.0 Å². The van der Waals surface area contributed by atoms with E-state index < -0.39 is 0 Å². The molecule has 5 aromatic rings. The number of fused-ring (bicyclic) bond motifs is 2. The Kier molecular flexibility index (Phi) is 7.28. The van der Waals surface area contributed by atoms with Gasteiger partial charge in [-0.3, -0.25) is 9.69 Å². The van der Waals surface area contributed by atoms with Gasteiger partial charge in [0.2, 0.25) is 0 Å². The number of carbonyl (C=O) groups excluding carboxylic acids is 1. The van der Waals surface area contributed by atoms with Gasteiger partial charge in [0, 0.05) is 24.0 Å². The maximum absolute atomic E-state index is 14.3. The number of nitrogens with zero attached hydrogens (tertiary/aromatic N) is 4. The van der Waals surface area contributed by atoms with E-state index in [0.29, 0.717) is 22.3 Å². The molecule has 0 saturated heterocycles. The normalized spacial score (nSPS) is 11.4. The minimum atomic E-state index is -0.0897. The van der Waals surface area contributed by atoms with E-state index >= 15 is 0 Å². The van der Waals surface area contributed by atoms with Crippen molar-refractivity contribution in [3.05, 3.63) is 89.4 Å². The zero-order valence-electron chi connectivity index (χ0n) is 20.3. The SMILES string of the molecule is CCN(CC)CCN(C(=O)c1cc(-c2ccccc2)nc2ccccc12)c1nc2c(Cl)cccc2s1. The molecule has 7 heteroatoms. The van der Waals surface area contributed by atoms with Crippen LogP contribution in [-0.4, -0.2) is 47.0 Å². The number of amides is 1. The van der Waals surface area contributed by atoms with Crippen LogP contribution in [0.4, 0.5) is 5.13 Å². The van der Waals surface area contributed by atoms with E-state index in [9.17, 15) is 4.79 Å². The fourth-order valence-corrected chi connectivity index (χ4v) is 5.63. The smallest absolute Gasteiger partial charge is 0.260 e. The van der Waals surface area contributed by atoms with Crippen LogP contribution in [-0.2, 0) is 0 Å². The second-order valence-electron chi connectivity index (χ2n) is 8.50. The van der Waals surface area contributed by atoms with Gasteiger partial charge in [0.15, 0.2) is 5.13 Å². The number of pyridine rings is 1. The molecule has 0 N–H and O–H groups in total. The summed E-state index contributed by atoms with van der Waals surface area (Å²) in [5, 5.41) is 2.07. The molecule has 1 amide bonds. The molecule has 0 bridgehead atoms. The average Bonchev–Trinajstić information content (AvgIpc) is 3.36. The number of para-hydroxylation sites is 2. The molecule has 5 rings (SSSR count). The summed E-state index contributed by atoms with van der Waals surface area (Å²) >= 11 is 7.93. The molecule has 0 unspecified atom stereocenters. The number of aromatic nitrogens is 2. The summed E-state index contributed by atoms with van der Waals surface area (Å²) in [6, 6.07) is 25.4. The Morgan fingerprint density at radius 3 is 2.39 bits per heavy atom. The fraction of sp³-hybridized carbons (Fsp3) is 0.207. The molecule has 0 spiro atoms. The highest BCUT2D eigenvalue weighted by Crippen LogP contribution is 2.34. The van der Waals surface area contributed by atoms with Gasteiger partial charge >= 0.3 is 0 Å². The first-order valence-electron chi connectivity index (χ1n) is 12.1. The highest BCUT2D eigenvalue weighted by Gasteiger charge is 2.25. The van der Waals surface area contributed by atoms with Gasteiger partial charge in [-0.2, -0.15) is 0 Å². The molecule has 0 saturated carbocycles. The van der Waals surface area contributed by atoms with Crippen molar-refractivity contribution in [1.29, 1.82) is 0 Å². The van der Waals surface area contributed by atoms with Crippen LogP contribution < -0.4 is 4.90 Å². The number of hydrogen-bond donors (Lipinski definition) is 0. The Morgan fingerprint density at radius 1 is 0.889 bits per heavy atom. The van der Waals surface area contributed by atoms with Gasteiger partial charge in [0.05, 0.1) is 26.5 Å². The number of anilines is 1. The van der Waals surface area contributed by atoms with Gasteiger partial charge in [-0.15, -0.1) is 0 Å². The molecular weight excluding hydrogens is 488 g/mol. The second-order valence-corrected chi connectivity index (χ2v) is 9.92. The summed E-state index contributed by atoms with van der Waals surface area (Å²) in [5.74, 6) is -0.0897. The summed E-state index contributed by atoms with van der Waals surface area (Å²) in [6.07, 6.45) is 0. The van der Waals surface area contributed by atoms with Crippen LogP contribution in [0.1, 0.15) is 24.2 Å². The average molecular weight is 515 g/mol. The van der Waals surface area contributed by atoms with Crippen molar-refractivity contribution < 1.29 is 4.79 Å². The molecule has 36 heavy (non-hydrogen) atoms. The van der Waals surface area contributed by atoms with Crippen LogP contribution in [0.15, 0.2) is 78.9 Å². The molecule has 0 aliphatic carbocycles. The maximum Gasteiger partial charge on any atom is 0.260 e. The lowest BCUT2D eigenvalue weighted by Crippen LogP contribution is -2.39. The van der Waals surface area contributed by atoms with E-state index in [4.69, 9.17) is 21.6 Å². The monoisotopic (exact) mass is 514 g/mol. The Labute approximate surface area is 220 Å². The first-order chi connectivity index (χ1) is 17.6. The number of likely N-dealkylation sites (N-methyl/N-ethyl adjacent to an activating group) is 1. The number of halogens is 1. The van der Waals surface area contributed by atoms with E-state index in [1.165, 1.54) is 11.3 Å². The van der Waals surface area contributed by atoms with Crippen molar-refractivity contribution in [2.24, 2.45) is 0 Å². The lowest BCUT2D eigenvalue weighted by Gasteiger charge is -2.25. The standard InChI is InChI=1S/C29H27ClN4OS/c1-3-33(4-2)17-18-34(29-32-27-23(30)14-10-16-26(27)36-29)28(35)22-19-25(20-11-6-5-7-12-20)31-24-15-9-8-13-21(22)24/h5-16,19H,3-4,17-18H2,1-2H3. The number of benzene rings is 3. The zero-order valence-corrected chi connectivity index (χ0v) is 21.9. The zero-order chi connectivity index (χ0) is 25.1. The maximum atomic E-state index is 14.3. The number of thiazole rings is 1. The molecule has 0 atom stereocenters. The van der Waals surface area contributed by atoms with Crippen molar-refractivity contribution in [2.45, 2.75) is 13.8 Å². The van der Waals surface area contributed by atoms with Crippen LogP contribution >= 0.6 is 22.9 Å². The van der Waals surface area contributed by atoms with Crippen molar-refractivity contribution in [3.8, 4) is 11.3 Å². The molecular formula is C29H27ClN4OS. The molecule has 182 valence electrons. The Balaban J connectivity index is 1.63. The van der Waals surface area contributed by atoms with E-state index in [1.54, 1.807) is 4.90 Å². The Hall–Kier alpha value is -3.32. The van der Waals surface area contributed by atoms with Gasteiger partial charge in [-0.25, -0.2) is 9.97 Å². The fourth-order valence-electron chi connectivity index (χ4n) is 4.34. The van der Waals surface area contributed by atoms with Gasteiger partial charge in [-0.1, -0.05) is 91.4 Å². The van der Waals surface area contributed by atoms with Gasteiger partial charge in [-0.05, 0) is 37.4 Å². The molecule has 0 aliphatic heterocycles. The molecule has 0 aliphatic rings. The van der Waals surface area contributed by atoms with Gasteiger partial charge in [0.1, 0.15) is 5.52 Å². The van der Waals surface area contributed by atoms with Crippen molar-refractivity contribution in [2.75, 3.05) is 31.1 Å². The third-order valence-corrected chi connectivity index (χ3v) is 7.73. The number of carbonyl (C=O) groups is 1. The molecule has 2 heterocycles. The van der Waals surface area contributed by atoms with Crippen LogP contribution in [0.25, 0.3) is 32.4 Å². The number of hydrogen-bond acceptors (Lipinski definition) is 5. The molecule has 0 fully saturated rings. The lowest BCUT2D eigenvalue weighted by molar-refractivity contribution is 0.0985. The Morgan fingerprint density at radius 2 is 1.64 bits per heavy atom. The van der Waals surface area contributed by atoms with Crippen molar-refractivity contribution in [1.82, 2.24) is 14.9 Å². The molecule has 0 radical (unpaired) electrons.